The van der Waals surface area contributed by atoms with E-state index in [2.05, 4.69) is 4.90 Å². The maximum atomic E-state index is 13.2. The lowest BCUT2D eigenvalue weighted by Crippen LogP contribution is -2.47. The minimum absolute atomic E-state index is 0.136. The lowest BCUT2D eigenvalue weighted by Gasteiger charge is -2.28. The lowest BCUT2D eigenvalue weighted by molar-refractivity contribution is -0.132. The molecule has 6 heteroatoms. The summed E-state index contributed by atoms with van der Waals surface area (Å²) >= 11 is 0. The van der Waals surface area contributed by atoms with Crippen molar-refractivity contribution in [3.8, 4) is 0 Å². The number of hydrogen-bond acceptors (Lipinski definition) is 4. The Bertz CT molecular complexity index is 598. The van der Waals surface area contributed by atoms with E-state index in [0.717, 1.165) is 38.3 Å². The monoisotopic (exact) mass is 332 g/mol. The Morgan fingerprint density at radius 2 is 2.04 bits per heavy atom. The standard InChI is InChI=1S/C18H28N4O2/c1-12-19-18(17(24)22(12)8-13-4-5-13)7-6-14-9-21(10-15(14)18)11-16(23)20(2)3/h13-15H,4-11H2,1-3H3/t14-,15+,18-/m1/s1. The normalized spacial score (nSPS) is 35.7. The van der Waals surface area contributed by atoms with Crippen LogP contribution in [0.3, 0.4) is 0 Å². The summed E-state index contributed by atoms with van der Waals surface area (Å²) in [6.45, 7) is 5.06. The van der Waals surface area contributed by atoms with Gasteiger partial charge in [0.05, 0.1) is 6.54 Å². The molecule has 0 unspecified atom stereocenters. The van der Waals surface area contributed by atoms with E-state index >= 15 is 0 Å². The second-order valence-corrected chi connectivity index (χ2v) is 8.33. The molecule has 0 bridgehead atoms. The van der Waals surface area contributed by atoms with Gasteiger partial charge in [0.1, 0.15) is 11.4 Å². The summed E-state index contributed by atoms with van der Waals surface area (Å²) in [5.41, 5.74) is -0.528. The van der Waals surface area contributed by atoms with Gasteiger partial charge in [0.25, 0.3) is 5.91 Å². The zero-order chi connectivity index (χ0) is 17.1. The molecule has 0 aromatic heterocycles. The van der Waals surface area contributed by atoms with Crippen molar-refractivity contribution >= 4 is 17.6 Å². The van der Waals surface area contributed by atoms with Gasteiger partial charge in [-0.2, -0.15) is 0 Å². The maximum absolute atomic E-state index is 13.2. The number of nitrogens with zero attached hydrogens (tertiary/aromatic N) is 4. The highest BCUT2D eigenvalue weighted by Gasteiger charge is 2.60. The van der Waals surface area contributed by atoms with Gasteiger partial charge < -0.3 is 4.90 Å². The molecule has 2 amide bonds. The van der Waals surface area contributed by atoms with Gasteiger partial charge in [-0.05, 0) is 44.4 Å². The van der Waals surface area contributed by atoms with Crippen LogP contribution >= 0.6 is 0 Å². The summed E-state index contributed by atoms with van der Waals surface area (Å²) in [7, 11) is 3.59. The molecule has 0 radical (unpaired) electrons. The number of fused-ring (bicyclic) bond motifs is 2. The molecule has 24 heavy (non-hydrogen) atoms. The van der Waals surface area contributed by atoms with Crippen LogP contribution < -0.4 is 0 Å². The highest BCUT2D eigenvalue weighted by atomic mass is 16.2. The van der Waals surface area contributed by atoms with Crippen LogP contribution in [0.25, 0.3) is 0 Å². The quantitative estimate of drug-likeness (QED) is 0.766. The fraction of sp³-hybridized carbons (Fsp3) is 0.833. The molecular weight excluding hydrogens is 304 g/mol. The summed E-state index contributed by atoms with van der Waals surface area (Å²) in [6, 6.07) is 0. The van der Waals surface area contributed by atoms with Crippen LogP contribution in [0.1, 0.15) is 32.6 Å². The zero-order valence-corrected chi connectivity index (χ0v) is 15.0. The molecule has 1 spiro atoms. The second-order valence-electron chi connectivity index (χ2n) is 8.33. The Balaban J connectivity index is 1.49. The van der Waals surface area contributed by atoms with E-state index in [4.69, 9.17) is 4.99 Å². The predicted molar refractivity (Wildman–Crippen MR) is 91.6 cm³/mol. The average molecular weight is 332 g/mol. The molecule has 2 heterocycles. The Kier molecular flexibility index (Phi) is 3.71. The number of carbonyl (C=O) groups excluding carboxylic acids is 2. The highest BCUT2D eigenvalue weighted by molar-refractivity contribution is 6.07. The van der Waals surface area contributed by atoms with E-state index in [-0.39, 0.29) is 17.7 Å². The van der Waals surface area contributed by atoms with Crippen LogP contribution in [0.15, 0.2) is 4.99 Å². The third-order valence-corrected chi connectivity index (χ3v) is 6.39. The van der Waals surface area contributed by atoms with Crippen molar-refractivity contribution in [1.82, 2.24) is 14.7 Å². The number of amides is 2. The van der Waals surface area contributed by atoms with E-state index in [1.807, 2.05) is 11.8 Å². The first-order valence-corrected chi connectivity index (χ1v) is 9.21. The fourth-order valence-electron chi connectivity index (χ4n) is 4.80. The Hall–Kier alpha value is -1.43. The number of amidine groups is 1. The minimum Gasteiger partial charge on any atom is -0.348 e. The van der Waals surface area contributed by atoms with Gasteiger partial charge >= 0.3 is 0 Å². The van der Waals surface area contributed by atoms with E-state index in [1.54, 1.807) is 19.0 Å². The molecule has 3 fully saturated rings. The molecule has 0 aromatic rings. The Morgan fingerprint density at radius 3 is 2.71 bits per heavy atom. The number of hydrogen-bond donors (Lipinski definition) is 0. The van der Waals surface area contributed by atoms with Crippen LogP contribution in [0, 0.1) is 17.8 Å². The Labute approximate surface area is 143 Å². The van der Waals surface area contributed by atoms with Gasteiger partial charge in [-0.25, -0.2) is 0 Å². The molecule has 4 aliphatic rings. The number of carbonyl (C=O) groups is 2. The van der Waals surface area contributed by atoms with Gasteiger partial charge in [0.15, 0.2) is 0 Å². The van der Waals surface area contributed by atoms with E-state index in [1.165, 1.54) is 12.8 Å². The lowest BCUT2D eigenvalue weighted by atomic mass is 9.85. The van der Waals surface area contributed by atoms with Crippen LogP contribution in [0.5, 0.6) is 0 Å². The van der Waals surface area contributed by atoms with Crippen molar-refractivity contribution in [1.29, 1.82) is 0 Å². The first-order chi connectivity index (χ1) is 11.4. The van der Waals surface area contributed by atoms with Crippen molar-refractivity contribution in [3.05, 3.63) is 0 Å². The average Bonchev–Trinajstić information content (AvgIpc) is 3.10. The summed E-state index contributed by atoms with van der Waals surface area (Å²) < 4.78 is 0. The highest BCUT2D eigenvalue weighted by Crippen LogP contribution is 2.50. The molecule has 2 saturated carbocycles. The zero-order valence-electron chi connectivity index (χ0n) is 15.0. The van der Waals surface area contributed by atoms with Gasteiger partial charge in [-0.1, -0.05) is 0 Å². The summed E-state index contributed by atoms with van der Waals surface area (Å²) in [6.07, 6.45) is 4.43. The van der Waals surface area contributed by atoms with Crippen molar-refractivity contribution in [3.63, 3.8) is 0 Å². The smallest absolute Gasteiger partial charge is 0.256 e. The SMILES string of the molecule is CC1=N[C@@]2(CC[C@@H]3CN(CC(=O)N(C)C)C[C@@H]32)C(=O)N1CC1CC1. The molecule has 0 aromatic carbocycles. The van der Waals surface area contributed by atoms with Crippen molar-refractivity contribution in [2.75, 3.05) is 40.3 Å². The van der Waals surface area contributed by atoms with Gasteiger partial charge in [-0.15, -0.1) is 0 Å². The van der Waals surface area contributed by atoms with Gasteiger partial charge in [0.2, 0.25) is 5.91 Å². The first kappa shape index (κ1) is 16.1. The third-order valence-electron chi connectivity index (χ3n) is 6.39. The van der Waals surface area contributed by atoms with Crippen LogP contribution in [-0.2, 0) is 9.59 Å². The molecule has 0 N–H and O–H groups in total. The number of rotatable bonds is 4. The number of aliphatic imine (C=N–C) groups is 1. The van der Waals surface area contributed by atoms with E-state index in [9.17, 15) is 9.59 Å². The van der Waals surface area contributed by atoms with Crippen LogP contribution in [0.2, 0.25) is 0 Å². The summed E-state index contributed by atoms with van der Waals surface area (Å²) in [4.78, 5) is 36.0. The first-order valence-electron chi connectivity index (χ1n) is 9.21. The second kappa shape index (κ2) is 5.55. The van der Waals surface area contributed by atoms with Crippen molar-refractivity contribution in [2.45, 2.75) is 38.1 Å². The van der Waals surface area contributed by atoms with E-state index in [0.29, 0.717) is 18.4 Å². The van der Waals surface area contributed by atoms with E-state index < -0.39 is 5.54 Å². The van der Waals surface area contributed by atoms with Crippen molar-refractivity contribution < 1.29 is 9.59 Å². The fourth-order valence-corrected chi connectivity index (χ4v) is 4.80. The molecule has 2 aliphatic carbocycles. The molecule has 6 nitrogen and oxygen atoms in total. The molecule has 3 atom stereocenters. The topological polar surface area (TPSA) is 56.2 Å². The molecule has 2 aliphatic heterocycles. The maximum Gasteiger partial charge on any atom is 0.256 e. The number of likely N-dealkylation sites (tertiary alicyclic amines) is 1. The van der Waals surface area contributed by atoms with Gasteiger partial charge in [0, 0.05) is 39.6 Å². The Morgan fingerprint density at radius 1 is 1.29 bits per heavy atom. The van der Waals surface area contributed by atoms with Crippen LogP contribution in [-0.4, -0.2) is 78.2 Å². The van der Waals surface area contributed by atoms with Crippen molar-refractivity contribution in [2.24, 2.45) is 22.7 Å². The predicted octanol–water partition coefficient (Wildman–Crippen LogP) is 0.826. The summed E-state index contributed by atoms with van der Waals surface area (Å²) in [5, 5.41) is 0. The molecule has 1 saturated heterocycles. The molecule has 4 rings (SSSR count). The van der Waals surface area contributed by atoms with Gasteiger partial charge in [-0.3, -0.25) is 24.4 Å². The third kappa shape index (κ3) is 2.46. The molecular formula is C18H28N4O2. The van der Waals surface area contributed by atoms with Crippen LogP contribution in [0.4, 0.5) is 0 Å². The minimum atomic E-state index is -0.528. The number of likely N-dealkylation sites (N-methyl/N-ethyl adjacent to an activating group) is 1. The largest absolute Gasteiger partial charge is 0.348 e. The molecule has 132 valence electrons. The summed E-state index contributed by atoms with van der Waals surface area (Å²) in [5.74, 6) is 2.75.